The van der Waals surface area contributed by atoms with Gasteiger partial charge in [-0.15, -0.1) is 0 Å². The van der Waals surface area contributed by atoms with Gasteiger partial charge in [0.25, 0.3) is 0 Å². The number of esters is 2. The highest BCUT2D eigenvalue weighted by molar-refractivity contribution is 9.14. The molecule has 0 N–H and O–H groups in total. The van der Waals surface area contributed by atoms with Gasteiger partial charge in [0.15, 0.2) is 0 Å². The highest BCUT2D eigenvalue weighted by Crippen LogP contribution is 2.40. The van der Waals surface area contributed by atoms with Crippen LogP contribution in [0, 0.1) is 11.8 Å². The van der Waals surface area contributed by atoms with Gasteiger partial charge in [-0.25, -0.2) is 0 Å². The van der Waals surface area contributed by atoms with Gasteiger partial charge >= 0.3 is 11.9 Å². The molecule has 2 aliphatic rings. The summed E-state index contributed by atoms with van der Waals surface area (Å²) < 4.78 is 5.46. The van der Waals surface area contributed by atoms with E-state index >= 15 is 0 Å². The Hall–Kier alpha value is -0.160. The lowest BCUT2D eigenvalue weighted by Crippen LogP contribution is -2.24. The van der Waals surface area contributed by atoms with Gasteiger partial charge in [0.1, 0.15) is 0 Å². The average molecular weight is 310 g/mol. The zero-order chi connectivity index (χ0) is 9.59. The van der Waals surface area contributed by atoms with Gasteiger partial charge in [-0.3, -0.25) is 9.59 Å². The van der Waals surface area contributed by atoms with Crippen LogP contribution in [0.2, 0.25) is 0 Å². The molecule has 0 aromatic carbocycles. The van der Waals surface area contributed by atoms with Crippen molar-refractivity contribution in [3.8, 4) is 0 Å². The smallest absolute Gasteiger partial charge is 0.321 e. The molecule has 0 spiro atoms. The lowest BCUT2D eigenvalue weighted by atomic mass is 9.86. The number of hydrogen-bond donors (Lipinski definition) is 0. The first kappa shape index (κ1) is 9.40. The minimum absolute atomic E-state index is 0.118. The molecule has 0 saturated carbocycles. The molecule has 13 heavy (non-hydrogen) atoms. The predicted molar refractivity (Wildman–Crippen MR) is 52.4 cm³/mol. The van der Waals surface area contributed by atoms with Crippen molar-refractivity contribution in [3.63, 3.8) is 0 Å². The van der Waals surface area contributed by atoms with Crippen LogP contribution in [0.15, 0.2) is 10.6 Å². The van der Waals surface area contributed by atoms with Crippen molar-refractivity contribution in [2.24, 2.45) is 11.8 Å². The van der Waals surface area contributed by atoms with Crippen molar-refractivity contribution in [1.29, 1.82) is 0 Å². The number of ether oxygens (including phenoxy) is 1. The van der Waals surface area contributed by atoms with Crippen molar-refractivity contribution in [2.75, 3.05) is 0 Å². The molecule has 70 valence electrons. The lowest BCUT2D eigenvalue weighted by Gasteiger charge is -2.20. The number of alkyl halides is 1. The van der Waals surface area contributed by atoms with Gasteiger partial charge in [0, 0.05) is 9.31 Å². The number of allylic oxidation sites excluding steroid dienone is 1. The maximum absolute atomic E-state index is 11.2. The molecule has 3 atom stereocenters. The Labute approximate surface area is 91.8 Å². The number of hydrogen-bond acceptors (Lipinski definition) is 3. The Balaban J connectivity index is 2.34. The number of carbonyl (C=O) groups excluding carboxylic acids is 2. The largest absolute Gasteiger partial charge is 0.392 e. The summed E-state index contributed by atoms with van der Waals surface area (Å²) >= 11 is 6.74. The molecule has 2 rings (SSSR count). The molecule has 0 aromatic heterocycles. The van der Waals surface area contributed by atoms with E-state index in [4.69, 9.17) is 0 Å². The van der Waals surface area contributed by atoms with Gasteiger partial charge in [-0.05, 0) is 6.42 Å². The van der Waals surface area contributed by atoms with E-state index in [2.05, 4.69) is 36.6 Å². The molecule has 3 unspecified atom stereocenters. The number of rotatable bonds is 0. The Morgan fingerprint density at radius 1 is 1.38 bits per heavy atom. The van der Waals surface area contributed by atoms with E-state index in [0.29, 0.717) is 6.42 Å². The molecule has 1 heterocycles. The van der Waals surface area contributed by atoms with Gasteiger partial charge < -0.3 is 4.74 Å². The predicted octanol–water partition coefficient (Wildman–Crippen LogP) is 1.75. The monoisotopic (exact) mass is 308 g/mol. The van der Waals surface area contributed by atoms with E-state index in [9.17, 15) is 9.59 Å². The van der Waals surface area contributed by atoms with Gasteiger partial charge in [-0.2, -0.15) is 0 Å². The second-order valence-corrected chi connectivity index (χ2v) is 5.15. The van der Waals surface area contributed by atoms with Crippen LogP contribution in [0.1, 0.15) is 6.42 Å². The summed E-state index contributed by atoms with van der Waals surface area (Å²) in [5.74, 6) is -1.49. The fourth-order valence-corrected chi connectivity index (χ4v) is 2.62. The van der Waals surface area contributed by atoms with Crippen molar-refractivity contribution in [2.45, 2.75) is 11.2 Å². The summed E-state index contributed by atoms with van der Waals surface area (Å²) in [6.45, 7) is 0. The molecule has 1 aliphatic heterocycles. The Morgan fingerprint density at radius 3 is 2.77 bits per heavy atom. The SMILES string of the molecule is O=C1OC(=O)C2CC(Br)C(Br)=CC12. The highest BCUT2D eigenvalue weighted by atomic mass is 79.9. The quantitative estimate of drug-likeness (QED) is 0.389. The average Bonchev–Trinajstić information content (AvgIpc) is 2.31. The summed E-state index contributed by atoms with van der Waals surface area (Å²) in [6, 6.07) is 0. The van der Waals surface area contributed by atoms with Crippen LogP contribution >= 0.6 is 31.9 Å². The van der Waals surface area contributed by atoms with E-state index < -0.39 is 11.9 Å². The third kappa shape index (κ3) is 1.48. The fourth-order valence-electron chi connectivity index (χ4n) is 1.59. The van der Waals surface area contributed by atoms with E-state index in [-0.39, 0.29) is 16.7 Å². The number of fused-ring (bicyclic) bond motifs is 1. The summed E-state index contributed by atoms with van der Waals surface area (Å²) in [5.41, 5.74) is 0. The summed E-state index contributed by atoms with van der Waals surface area (Å²) in [5, 5.41) is 0. The molecular weight excluding hydrogens is 304 g/mol. The normalized spacial score (nSPS) is 38.3. The van der Waals surface area contributed by atoms with Crippen LogP contribution in [-0.4, -0.2) is 16.8 Å². The lowest BCUT2D eigenvalue weighted by molar-refractivity contribution is -0.153. The second-order valence-electron chi connectivity index (χ2n) is 3.13. The van der Waals surface area contributed by atoms with Crippen molar-refractivity contribution < 1.29 is 14.3 Å². The van der Waals surface area contributed by atoms with Crippen LogP contribution in [-0.2, 0) is 14.3 Å². The molecule has 1 saturated heterocycles. The third-order valence-electron chi connectivity index (χ3n) is 2.31. The Morgan fingerprint density at radius 2 is 2.08 bits per heavy atom. The van der Waals surface area contributed by atoms with E-state index in [0.717, 1.165) is 4.48 Å². The van der Waals surface area contributed by atoms with Gasteiger partial charge in [0.05, 0.1) is 11.8 Å². The topological polar surface area (TPSA) is 43.4 Å². The van der Waals surface area contributed by atoms with Crippen LogP contribution in [0.3, 0.4) is 0 Å². The van der Waals surface area contributed by atoms with Crippen LogP contribution < -0.4 is 0 Å². The first-order chi connectivity index (χ1) is 6.09. The molecule has 0 bridgehead atoms. The van der Waals surface area contributed by atoms with Crippen LogP contribution in [0.25, 0.3) is 0 Å². The molecule has 0 amide bonds. The van der Waals surface area contributed by atoms with Crippen LogP contribution in [0.4, 0.5) is 0 Å². The van der Waals surface area contributed by atoms with Gasteiger partial charge in [-0.1, -0.05) is 37.9 Å². The molecular formula is C8H6Br2O3. The van der Waals surface area contributed by atoms with E-state index in [1.807, 2.05) is 0 Å². The Kier molecular flexibility index (Phi) is 2.32. The van der Waals surface area contributed by atoms with Crippen molar-refractivity contribution in [1.82, 2.24) is 0 Å². The second kappa shape index (κ2) is 3.20. The molecule has 1 fully saturated rings. The molecule has 1 aliphatic carbocycles. The number of halogens is 2. The minimum Gasteiger partial charge on any atom is -0.392 e. The molecule has 5 heteroatoms. The summed E-state index contributed by atoms with van der Waals surface area (Å²) in [6.07, 6.45) is 2.37. The highest BCUT2D eigenvalue weighted by Gasteiger charge is 2.46. The zero-order valence-corrected chi connectivity index (χ0v) is 9.67. The van der Waals surface area contributed by atoms with Crippen molar-refractivity contribution >= 4 is 43.8 Å². The summed E-state index contributed by atoms with van der Waals surface area (Å²) in [4.78, 5) is 22.4. The van der Waals surface area contributed by atoms with Gasteiger partial charge in [0.2, 0.25) is 0 Å². The maximum atomic E-state index is 11.2. The first-order valence-corrected chi connectivity index (χ1v) is 5.57. The van der Waals surface area contributed by atoms with Crippen molar-refractivity contribution in [3.05, 3.63) is 10.6 Å². The maximum Gasteiger partial charge on any atom is 0.321 e. The zero-order valence-electron chi connectivity index (χ0n) is 6.50. The standard InChI is InChI=1S/C8H6Br2O3/c9-5-1-3-4(2-6(5)10)8(12)13-7(3)11/h1,3-4,6H,2H2. The molecule has 3 nitrogen and oxygen atoms in total. The number of carbonyl (C=O) groups is 2. The Bertz CT molecular complexity index is 311. The molecule has 0 radical (unpaired) electrons. The fraction of sp³-hybridized carbons (Fsp3) is 0.500. The molecule has 0 aromatic rings. The van der Waals surface area contributed by atoms with E-state index in [1.54, 1.807) is 6.08 Å². The van der Waals surface area contributed by atoms with E-state index in [1.165, 1.54) is 0 Å². The summed E-state index contributed by atoms with van der Waals surface area (Å²) in [7, 11) is 0. The first-order valence-electron chi connectivity index (χ1n) is 3.86. The minimum atomic E-state index is -0.425. The third-order valence-corrected chi connectivity index (χ3v) is 4.61. The van der Waals surface area contributed by atoms with Crippen LogP contribution in [0.5, 0.6) is 0 Å². The number of cyclic esters (lactones) is 2.